The second-order valence-electron chi connectivity index (χ2n) is 41.1. The zero-order valence-corrected chi connectivity index (χ0v) is 102. The summed E-state index contributed by atoms with van der Waals surface area (Å²) in [6.45, 7) is 36.2. The summed E-state index contributed by atoms with van der Waals surface area (Å²) in [6.07, 6.45) is 4.33. The van der Waals surface area contributed by atoms with Gasteiger partial charge in [0, 0.05) is 122 Å². The van der Waals surface area contributed by atoms with Crippen LogP contribution in [0.4, 0.5) is 0 Å². The van der Waals surface area contributed by atoms with Gasteiger partial charge in [0.1, 0.15) is 71.5 Å². The molecule has 1 aliphatic rings. The van der Waals surface area contributed by atoms with Crippen molar-refractivity contribution in [2.45, 2.75) is 315 Å². The van der Waals surface area contributed by atoms with E-state index in [1.165, 1.54) is 20.8 Å². The van der Waals surface area contributed by atoms with E-state index >= 15 is 0 Å². The number of benzene rings is 5. The topological polar surface area (TPSA) is 503 Å². The molecule has 13 atom stereocenters. The zero-order chi connectivity index (χ0) is 112. The number of carboxylic acids is 1. The zero-order valence-electron chi connectivity index (χ0n) is 91.0. The fraction of sp³-hybridized carbons (Fsp3) is 0.586. The van der Waals surface area contributed by atoms with Crippen LogP contribution in [-0.4, -0.2) is 206 Å². The molecule has 0 saturated carbocycles. The van der Waals surface area contributed by atoms with E-state index in [9.17, 15) is 86.9 Å². The third kappa shape index (κ3) is 74.7. The Balaban J connectivity index is -0.000000938. The van der Waals surface area contributed by atoms with Crippen molar-refractivity contribution >= 4 is 136 Å². The van der Waals surface area contributed by atoms with E-state index in [0.29, 0.717) is 70.3 Å². The molecule has 0 spiro atoms. The molecule has 2 unspecified atom stereocenters. The van der Waals surface area contributed by atoms with Crippen molar-refractivity contribution in [3.05, 3.63) is 179 Å². The number of Topliss-reactive ketones (excluding diaryl/α,β-unsaturated/α-hetero) is 7. The molecule has 1 saturated heterocycles. The Morgan fingerprint density at radius 2 is 0.680 bits per heavy atom. The molecule has 3 amide bonds. The Morgan fingerprint density at radius 1 is 0.427 bits per heavy atom. The molecule has 1 heterocycles. The van der Waals surface area contributed by atoms with Gasteiger partial charge in [-0.3, -0.25) is 52.7 Å². The van der Waals surface area contributed by atoms with Crippen molar-refractivity contribution in [3.8, 4) is 0 Å². The van der Waals surface area contributed by atoms with E-state index in [-0.39, 0.29) is 225 Å². The number of aliphatic carboxylic acids is 1. The molecule has 33 nitrogen and oxygen atoms in total. The van der Waals surface area contributed by atoms with Crippen molar-refractivity contribution in [2.24, 2.45) is 64.9 Å². The Kier molecular flexibility index (Phi) is 81.6. The largest absolute Gasteiger partial charge is 0.481 e. The molecule has 9 N–H and O–H groups in total. The summed E-state index contributed by atoms with van der Waals surface area (Å²) in [5.41, 5.74) is 8.15. The smallest absolute Gasteiger partial charge is 0.332 e. The average Bonchev–Trinajstić information content (AvgIpc) is 1.64. The normalized spacial score (nSPS) is 14.2. The maximum absolute atomic E-state index is 13.7. The monoisotopic (exact) mass is 2370 g/mol. The number of aliphatic hydroxyl groups is 1. The number of halogens is 1. The quantitative estimate of drug-likeness (QED) is 0.00341. The van der Waals surface area contributed by atoms with Crippen LogP contribution in [0.2, 0.25) is 0 Å². The van der Waals surface area contributed by atoms with Crippen LogP contribution in [0.3, 0.4) is 0 Å². The molecule has 1 fully saturated rings. The number of nitrogens with two attached hydrogens (primary N) is 1. The maximum Gasteiger partial charge on any atom is 0.332 e. The number of aliphatic hydroxyl groups excluding tert-OH is 1. The fourth-order valence-electron chi connectivity index (χ4n) is 14.5. The second-order valence-corrected chi connectivity index (χ2v) is 45.9. The first kappa shape index (κ1) is 149. The molecule has 0 bridgehead atoms. The van der Waals surface area contributed by atoms with E-state index in [1.54, 1.807) is 48.5 Å². The van der Waals surface area contributed by atoms with Crippen LogP contribution in [0.5, 0.6) is 0 Å². The standard InChI is InChI=1S/C36H49NO8.C30H39NO6.C29H43NO8.C9H17NO2.C6H11BrO2.CH4.H2O3.H5P3.2Y/c1-25(2)19-31(37-34(41)29(20-26(3)38)18-17-27-13-9-7-10-14-27)32(39)21-30(23-43-24-33(40)45-36(4,5)6)35(42)44-22-28-15-11-8-12-16-28;1-21(2)16-27(28(34)18-26(19-32)30(36)37-20-24-12-8-5-9-13-24)31-29(35)25(17-22(3)33)15-14-23-10-6-4-7-11-23;1-19(2)14-24(25(32)16-23(28(35)36)17-37-18-26(33)38-29(4,5)6)30-27(34)22(15-20(3)31)13-12-21-10-8-7-9-11-21;1-6(2)4-7(10)8(11)9(3)5-12-9;1-6(2,3)9-5(8)4-7;;2*1-3-2;;/h7-16,25,29-31H,17-24H2,1-6H3,(H,37,41);4-13,21,25-27,32H,14-20H2,1-3H3,(H,31,35);7-11,19,22-24H,12-18H2,1-6H3,(H,30,34)(H,35,36);6-7H,4-5,10H2,1-3H3;4H2,1-3H3;1H4;1-2H;3H,1-2H2;;/t29-,30+,31+;25-,26+,27+;22-,23+,24+;7-,9+;;;;;;/m1110....../s1. The summed E-state index contributed by atoms with van der Waals surface area (Å²) in [4.78, 5) is 199. The van der Waals surface area contributed by atoms with Crippen LogP contribution in [0.25, 0.3) is 0 Å². The minimum absolute atomic E-state index is 0. The van der Waals surface area contributed by atoms with Crippen molar-refractivity contribution in [1.82, 2.24) is 16.0 Å². The Labute approximate surface area is 954 Å². The minimum atomic E-state index is -1.24. The predicted molar refractivity (Wildman–Crippen MR) is 582 cm³/mol. The molecule has 0 aromatic heterocycles. The van der Waals surface area contributed by atoms with Crippen LogP contribution in [0.1, 0.15) is 264 Å². The van der Waals surface area contributed by atoms with Gasteiger partial charge in [-0.2, -0.15) is 0 Å². The molecule has 1 aliphatic heterocycles. The molecule has 836 valence electrons. The maximum atomic E-state index is 13.7. The molecule has 5 aromatic rings. The molecular formula is C111H170BrN4O29P3Y2. The van der Waals surface area contributed by atoms with Gasteiger partial charge in [0.05, 0.1) is 68.3 Å². The number of aryl methyl sites for hydroxylation is 3. The number of ether oxygens (including phenoxy) is 8. The van der Waals surface area contributed by atoms with Crippen molar-refractivity contribution in [1.29, 1.82) is 0 Å². The van der Waals surface area contributed by atoms with E-state index in [1.807, 2.05) is 214 Å². The number of hydrogen-bond donors (Lipinski definition) is 8. The van der Waals surface area contributed by atoms with Crippen molar-refractivity contribution in [2.75, 3.05) is 45.0 Å². The number of nitrogens with one attached hydrogen (secondary N) is 3. The molecule has 5 aromatic carbocycles. The van der Waals surface area contributed by atoms with E-state index < -0.39 is 132 Å². The van der Waals surface area contributed by atoms with Gasteiger partial charge in [0.2, 0.25) is 17.7 Å². The van der Waals surface area contributed by atoms with Crippen LogP contribution in [0.15, 0.2) is 152 Å². The molecule has 2 radical (unpaired) electrons. The Bertz CT molecular complexity index is 4740. The number of esters is 5. The number of carbonyl (C=O) groups is 16. The SMILES string of the molecule is C.CC(=O)C[C@@H](CCc1ccccc1)C(=O)N[C@@H](CC(C)C)C(=O)C[C@@H](CO)C(=O)OCc1ccccc1.CC(=O)C[C@@H](CCc1ccccc1)C(=O)N[C@@H](CC(C)C)C(=O)C[C@@H](COCC(=O)OC(C)(C)C)C(=O)O.CC(=O)C[C@@H](CCc1ccccc1)C(=O)N[C@@H](CC(C)C)C(=O)C[C@@H](COCC(=O)OC(C)(C)C)C(=O)OCc1ccccc1.CC(C)(C)OC(=O)CBr.CC(C)C[C@H](N)C(=O)[C@@]1(C)CO1.OOO.PPP.[Y].[Y]. The first-order chi connectivity index (χ1) is 68.8. The number of carbonyl (C=O) groups excluding carboxylic acids is 15. The molecule has 6 rings (SSSR count). The number of rotatable bonds is 57. The fourth-order valence-corrected chi connectivity index (χ4v) is 14.6. The van der Waals surface area contributed by atoms with Gasteiger partial charge < -0.3 is 84.2 Å². The number of amides is 3. The Morgan fingerprint density at radius 3 is 0.920 bits per heavy atom. The molecule has 39 heteroatoms. The second kappa shape index (κ2) is 82.2. The van der Waals surface area contributed by atoms with Gasteiger partial charge in [0.25, 0.3) is 0 Å². The first-order valence-electron chi connectivity index (χ1n) is 49.6. The third-order valence-corrected chi connectivity index (χ3v) is 21.9. The van der Waals surface area contributed by atoms with Crippen LogP contribution >= 0.6 is 41.7 Å². The number of epoxide rings is 1. The molecule has 0 aliphatic carbocycles. The number of hydrogen-bond acceptors (Lipinski definition) is 29. The summed E-state index contributed by atoms with van der Waals surface area (Å²) >= 11 is 2.99. The van der Waals surface area contributed by atoms with Gasteiger partial charge in [-0.05, 0) is 206 Å². The summed E-state index contributed by atoms with van der Waals surface area (Å²) in [5.74, 6) is -10.9. The summed E-state index contributed by atoms with van der Waals surface area (Å²) < 4.78 is 41.9. The van der Waals surface area contributed by atoms with Gasteiger partial charge >= 0.3 is 35.8 Å². The molecule has 150 heavy (non-hydrogen) atoms. The van der Waals surface area contributed by atoms with E-state index in [4.69, 9.17) is 54.1 Å². The summed E-state index contributed by atoms with van der Waals surface area (Å²) in [7, 11) is 6.06. The van der Waals surface area contributed by atoms with Crippen LogP contribution in [-0.2, 0) is 218 Å². The van der Waals surface area contributed by atoms with Gasteiger partial charge in [-0.25, -0.2) is 20.1 Å². The minimum Gasteiger partial charge on any atom is -0.481 e. The predicted octanol–water partition coefficient (Wildman–Crippen LogP) is 17.5. The number of alkyl halides is 1. The number of carboxylic acid groups (broad SMARTS) is 1. The van der Waals surface area contributed by atoms with Crippen LogP contribution < -0.4 is 21.7 Å². The summed E-state index contributed by atoms with van der Waals surface area (Å²) in [6, 6.07) is 44.3. The van der Waals surface area contributed by atoms with Crippen LogP contribution in [0, 0.1) is 59.2 Å². The molecular weight excluding hydrogens is 2200 g/mol. The van der Waals surface area contributed by atoms with Gasteiger partial charge in [-0.15, -0.1) is 17.9 Å². The first-order valence-corrected chi connectivity index (χ1v) is 55.3. The van der Waals surface area contributed by atoms with E-state index in [0.717, 1.165) is 42.2 Å². The number of ketones is 7. The van der Waals surface area contributed by atoms with Crippen molar-refractivity contribution in [3.63, 3.8) is 0 Å². The van der Waals surface area contributed by atoms with E-state index in [2.05, 4.69) is 68.6 Å². The van der Waals surface area contributed by atoms with Gasteiger partial charge in [-0.1, -0.05) is 243 Å². The van der Waals surface area contributed by atoms with Gasteiger partial charge in [0.15, 0.2) is 23.1 Å². The summed E-state index contributed by atoms with van der Waals surface area (Å²) in [5, 5.41) is 43.7. The average molecular weight is 2380 g/mol. The van der Waals surface area contributed by atoms with Crippen molar-refractivity contribution < 1.29 is 206 Å². The third-order valence-electron chi connectivity index (χ3n) is 21.5. The Hall–Kier alpha value is -7.32.